The second-order valence-corrected chi connectivity index (χ2v) is 10.0. The fourth-order valence-electron chi connectivity index (χ4n) is 5.45. The van der Waals surface area contributed by atoms with Crippen molar-refractivity contribution in [1.29, 1.82) is 0 Å². The molecule has 4 atom stereocenters. The number of ether oxygens (including phenoxy) is 3. The van der Waals surface area contributed by atoms with Crippen LogP contribution in [0.4, 0.5) is 0 Å². The first-order valence-corrected chi connectivity index (χ1v) is 12.7. The zero-order valence-corrected chi connectivity index (χ0v) is 20.9. The highest BCUT2D eigenvalue weighted by atomic mass is 16.8. The molecule has 37 heavy (non-hydrogen) atoms. The zero-order chi connectivity index (χ0) is 25.4. The number of benzene rings is 2. The van der Waals surface area contributed by atoms with E-state index in [4.69, 9.17) is 14.2 Å². The van der Waals surface area contributed by atoms with Crippen molar-refractivity contribution in [3.63, 3.8) is 0 Å². The summed E-state index contributed by atoms with van der Waals surface area (Å²) in [5.74, 6) is -0.671. The summed E-state index contributed by atoms with van der Waals surface area (Å²) >= 11 is 0. The smallest absolute Gasteiger partial charge is 0.277 e. The van der Waals surface area contributed by atoms with Crippen LogP contribution in [-0.2, 0) is 27.2 Å². The van der Waals surface area contributed by atoms with Gasteiger partial charge >= 0.3 is 0 Å². The molecule has 9 nitrogen and oxygen atoms in total. The molecule has 2 aliphatic rings. The van der Waals surface area contributed by atoms with E-state index < -0.39 is 12.1 Å². The molecule has 0 aliphatic carbocycles. The summed E-state index contributed by atoms with van der Waals surface area (Å²) in [6.07, 6.45) is 4.84. The topological polar surface area (TPSA) is 101 Å². The first-order valence-electron chi connectivity index (χ1n) is 12.7. The third-order valence-electron chi connectivity index (χ3n) is 7.17. The Morgan fingerprint density at radius 2 is 1.84 bits per heavy atom. The van der Waals surface area contributed by atoms with Crippen molar-refractivity contribution in [3.8, 4) is 11.3 Å². The Hall–Kier alpha value is -3.53. The molecule has 0 amide bonds. The predicted octanol–water partition coefficient (Wildman–Crippen LogP) is 3.76. The first-order chi connectivity index (χ1) is 18.0. The molecule has 2 fully saturated rings. The number of hydrogen-bond acceptors (Lipinski definition) is 8. The van der Waals surface area contributed by atoms with Crippen LogP contribution in [0, 0.1) is 5.92 Å². The lowest BCUT2D eigenvalue weighted by Gasteiger charge is -2.26. The Labute approximate surface area is 214 Å². The maximum absolute atomic E-state index is 13.0. The van der Waals surface area contributed by atoms with Crippen LogP contribution in [0.5, 0.6) is 0 Å². The molecule has 6 rings (SSSR count). The highest BCUT2D eigenvalue weighted by Gasteiger charge is 2.54. The van der Waals surface area contributed by atoms with E-state index in [9.17, 15) is 4.79 Å². The van der Waals surface area contributed by atoms with Crippen LogP contribution in [0.15, 0.2) is 71.9 Å². The number of rotatable bonds is 7. The molecular weight excluding hydrogens is 470 g/mol. The number of aromatic nitrogens is 5. The average molecular weight is 500 g/mol. The van der Waals surface area contributed by atoms with Crippen molar-refractivity contribution in [1.82, 2.24) is 25.0 Å². The van der Waals surface area contributed by atoms with Gasteiger partial charge in [0.25, 0.3) is 5.56 Å². The van der Waals surface area contributed by atoms with Gasteiger partial charge in [-0.3, -0.25) is 4.79 Å². The van der Waals surface area contributed by atoms with E-state index in [2.05, 4.69) is 32.4 Å². The van der Waals surface area contributed by atoms with E-state index in [1.165, 1.54) is 10.2 Å². The molecule has 2 aromatic heterocycles. The highest BCUT2D eigenvalue weighted by molar-refractivity contribution is 5.76. The van der Waals surface area contributed by atoms with Gasteiger partial charge in [-0.25, -0.2) is 14.6 Å². The number of aryl methyl sites for hydroxylation is 2. The van der Waals surface area contributed by atoms with Gasteiger partial charge in [0.05, 0.1) is 17.2 Å². The van der Waals surface area contributed by atoms with Gasteiger partial charge in [-0.05, 0) is 56.9 Å². The molecular formula is C28H29N5O4. The third kappa shape index (κ3) is 4.77. The maximum Gasteiger partial charge on any atom is 0.277 e. The van der Waals surface area contributed by atoms with Crippen molar-refractivity contribution in [2.45, 2.75) is 63.9 Å². The lowest BCUT2D eigenvalue weighted by Crippen LogP contribution is -2.33. The van der Waals surface area contributed by atoms with E-state index in [0.29, 0.717) is 23.9 Å². The van der Waals surface area contributed by atoms with Crippen LogP contribution in [0.3, 0.4) is 0 Å². The van der Waals surface area contributed by atoms with E-state index in [-0.39, 0.29) is 23.7 Å². The van der Waals surface area contributed by atoms with Crippen LogP contribution in [0.1, 0.15) is 32.3 Å². The lowest BCUT2D eigenvalue weighted by atomic mass is 9.89. The Balaban J connectivity index is 1.22. The summed E-state index contributed by atoms with van der Waals surface area (Å²) in [5.41, 5.74) is 3.64. The van der Waals surface area contributed by atoms with Gasteiger partial charge < -0.3 is 14.2 Å². The number of fused-ring (bicyclic) bond motifs is 2. The molecule has 4 aromatic rings. The summed E-state index contributed by atoms with van der Waals surface area (Å²) in [6, 6.07) is 17.5. The Kier molecular flexibility index (Phi) is 6.27. The van der Waals surface area contributed by atoms with Gasteiger partial charge in [0.15, 0.2) is 12.1 Å². The summed E-state index contributed by atoms with van der Waals surface area (Å²) < 4.78 is 20.2. The summed E-state index contributed by atoms with van der Waals surface area (Å²) in [4.78, 5) is 21.5. The van der Waals surface area contributed by atoms with Crippen molar-refractivity contribution in [3.05, 3.63) is 83.0 Å². The summed E-state index contributed by atoms with van der Waals surface area (Å²) in [5, 5.41) is 8.97. The van der Waals surface area contributed by atoms with Crippen molar-refractivity contribution >= 4 is 10.9 Å². The third-order valence-corrected chi connectivity index (χ3v) is 7.17. The molecule has 2 saturated heterocycles. The molecule has 2 aliphatic heterocycles. The Morgan fingerprint density at radius 1 is 1.00 bits per heavy atom. The van der Waals surface area contributed by atoms with Gasteiger partial charge in [0, 0.05) is 24.2 Å². The number of hydrogen-bond donors (Lipinski definition) is 0. The molecule has 0 saturated carbocycles. The minimum atomic E-state index is -0.711. The van der Waals surface area contributed by atoms with E-state index in [1.807, 2.05) is 44.2 Å². The largest absolute Gasteiger partial charge is 0.346 e. The maximum atomic E-state index is 13.0. The Bertz CT molecular complexity index is 1460. The zero-order valence-electron chi connectivity index (χ0n) is 20.9. The fraction of sp³-hybridized carbons (Fsp3) is 0.393. The SMILES string of the molecule is CC1(C)O[C@@H]2O[C@H](CCc3ccccc3-c3ccncn3)[C@H](CCn3nnc4ccccc4c3=O)[C@@H]2O1. The van der Waals surface area contributed by atoms with Gasteiger partial charge in [0.2, 0.25) is 0 Å². The quantitative estimate of drug-likeness (QED) is 0.379. The summed E-state index contributed by atoms with van der Waals surface area (Å²) in [6.45, 7) is 4.22. The molecule has 0 N–H and O–H groups in total. The van der Waals surface area contributed by atoms with E-state index >= 15 is 0 Å². The normalized spacial score (nSPS) is 24.4. The second kappa shape index (κ2) is 9.74. The van der Waals surface area contributed by atoms with E-state index in [1.54, 1.807) is 24.7 Å². The van der Waals surface area contributed by atoms with Crippen molar-refractivity contribution < 1.29 is 14.2 Å². The van der Waals surface area contributed by atoms with Crippen molar-refractivity contribution in [2.75, 3.05) is 0 Å². The van der Waals surface area contributed by atoms with Crippen LogP contribution in [-0.4, -0.2) is 49.2 Å². The molecule has 0 unspecified atom stereocenters. The van der Waals surface area contributed by atoms with Gasteiger partial charge in [-0.15, -0.1) is 5.10 Å². The van der Waals surface area contributed by atoms with E-state index in [0.717, 1.165) is 24.1 Å². The molecule has 0 spiro atoms. The Morgan fingerprint density at radius 3 is 2.70 bits per heavy atom. The second-order valence-electron chi connectivity index (χ2n) is 10.0. The monoisotopic (exact) mass is 499 g/mol. The first kappa shape index (κ1) is 23.8. The predicted molar refractivity (Wildman–Crippen MR) is 136 cm³/mol. The van der Waals surface area contributed by atoms with Gasteiger partial charge in [0.1, 0.15) is 17.9 Å². The molecule has 9 heteroatoms. The molecule has 4 heterocycles. The fourth-order valence-corrected chi connectivity index (χ4v) is 5.45. The average Bonchev–Trinajstić information content (AvgIpc) is 3.39. The molecule has 0 bridgehead atoms. The van der Waals surface area contributed by atoms with Gasteiger partial charge in [-0.1, -0.05) is 41.6 Å². The standard InChI is InChI=1S/C28H29N5O4/c1-28(2)36-25-21(14-16-33-26(34)20-9-5-6-10-23(20)31-32-33)24(35-27(25)37-28)12-11-18-7-3-4-8-19(18)22-13-15-29-17-30-22/h3-10,13,15,17,21,24-25,27H,11-12,14,16H2,1-2H3/t21-,24+,25-,27-/m0/s1. The van der Waals surface area contributed by atoms with Crippen LogP contribution in [0.2, 0.25) is 0 Å². The van der Waals surface area contributed by atoms with Crippen molar-refractivity contribution in [2.24, 2.45) is 5.92 Å². The van der Waals surface area contributed by atoms with Crippen LogP contribution >= 0.6 is 0 Å². The molecule has 0 radical (unpaired) electrons. The minimum absolute atomic E-state index is 0.0400. The lowest BCUT2D eigenvalue weighted by molar-refractivity contribution is -0.210. The molecule has 2 aromatic carbocycles. The highest BCUT2D eigenvalue weighted by Crippen LogP contribution is 2.43. The van der Waals surface area contributed by atoms with Crippen LogP contribution in [0.25, 0.3) is 22.2 Å². The number of nitrogens with zero attached hydrogens (tertiary/aromatic N) is 5. The minimum Gasteiger partial charge on any atom is -0.346 e. The van der Waals surface area contributed by atoms with Gasteiger partial charge in [-0.2, -0.15) is 0 Å². The summed E-state index contributed by atoms with van der Waals surface area (Å²) in [7, 11) is 0. The molecule has 190 valence electrons. The van der Waals surface area contributed by atoms with Crippen LogP contribution < -0.4 is 5.56 Å².